The molecule has 1 heterocycles. The first kappa shape index (κ1) is 17.5. The lowest BCUT2D eigenvalue weighted by atomic mass is 10.2. The highest BCUT2D eigenvalue weighted by atomic mass is 32.2. The third-order valence-corrected chi connectivity index (χ3v) is 5.91. The largest absolute Gasteiger partial charge is 0.399 e. The molecule has 5 nitrogen and oxygen atoms in total. The van der Waals surface area contributed by atoms with Crippen LogP contribution in [0.2, 0.25) is 0 Å². The number of rotatable bonds is 7. The molecule has 0 spiro atoms. The van der Waals surface area contributed by atoms with Gasteiger partial charge in [-0.05, 0) is 42.8 Å². The van der Waals surface area contributed by atoms with Crippen LogP contribution in [0, 0.1) is 0 Å². The molecule has 0 fully saturated rings. The number of nitrogen functional groups attached to an aromatic ring is 1. The van der Waals surface area contributed by atoms with Crippen LogP contribution < -0.4 is 5.73 Å². The predicted molar refractivity (Wildman–Crippen MR) is 101 cm³/mol. The average Bonchev–Trinajstić information content (AvgIpc) is 2.92. The number of aryl methyl sites for hydroxylation is 1. The van der Waals surface area contributed by atoms with Gasteiger partial charge in [-0.15, -0.1) is 0 Å². The van der Waals surface area contributed by atoms with Crippen LogP contribution in [0.15, 0.2) is 53.4 Å². The van der Waals surface area contributed by atoms with Gasteiger partial charge in [0.25, 0.3) is 0 Å². The molecule has 0 unspecified atom stereocenters. The smallest absolute Gasteiger partial charge is 0.185 e. The Morgan fingerprint density at radius 3 is 2.48 bits per heavy atom. The topological polar surface area (TPSA) is 78.0 Å². The molecule has 0 atom stereocenters. The number of hydrogen-bond donors (Lipinski definition) is 1. The van der Waals surface area contributed by atoms with Crippen LogP contribution in [0.5, 0.6) is 0 Å². The molecule has 0 bridgehead atoms. The van der Waals surface area contributed by atoms with Gasteiger partial charge in [-0.25, -0.2) is 13.4 Å². The number of aromatic nitrogens is 2. The molecular formula is C19H23N3O2S. The molecule has 0 aliphatic heterocycles. The Kier molecular flexibility index (Phi) is 5.08. The number of fused-ring (bicyclic) bond motifs is 1. The van der Waals surface area contributed by atoms with Crippen molar-refractivity contribution in [2.24, 2.45) is 0 Å². The Balaban J connectivity index is 1.96. The Morgan fingerprint density at radius 2 is 1.76 bits per heavy atom. The van der Waals surface area contributed by atoms with E-state index in [1.807, 2.05) is 28.8 Å². The molecule has 0 saturated heterocycles. The van der Waals surface area contributed by atoms with E-state index in [1.54, 1.807) is 24.3 Å². The van der Waals surface area contributed by atoms with Gasteiger partial charge in [0, 0.05) is 12.2 Å². The Morgan fingerprint density at radius 1 is 1.04 bits per heavy atom. The Hall–Kier alpha value is -2.34. The van der Waals surface area contributed by atoms with Crippen molar-refractivity contribution in [2.45, 2.75) is 43.4 Å². The summed E-state index contributed by atoms with van der Waals surface area (Å²) in [7, 11) is -3.47. The predicted octanol–water partition coefficient (Wildman–Crippen LogP) is 3.78. The summed E-state index contributed by atoms with van der Waals surface area (Å²) in [4.78, 5) is 4.85. The second kappa shape index (κ2) is 7.27. The zero-order valence-corrected chi connectivity index (χ0v) is 15.2. The summed E-state index contributed by atoms with van der Waals surface area (Å²) >= 11 is 0. The van der Waals surface area contributed by atoms with Gasteiger partial charge in [-0.1, -0.05) is 31.9 Å². The van der Waals surface area contributed by atoms with Gasteiger partial charge in [-0.3, -0.25) is 0 Å². The second-order valence-corrected chi connectivity index (χ2v) is 8.19. The first-order chi connectivity index (χ1) is 12.0. The third-order valence-electron chi connectivity index (χ3n) is 4.28. The zero-order chi connectivity index (χ0) is 17.9. The van der Waals surface area contributed by atoms with Crippen molar-refractivity contribution in [3.05, 3.63) is 54.4 Å². The molecular weight excluding hydrogens is 334 g/mol. The van der Waals surface area contributed by atoms with Crippen LogP contribution in [0.4, 0.5) is 5.69 Å². The SMILES string of the molecule is CCCCCn1c(CS(=O)(=O)c2ccc(N)cc2)nc2ccccc21. The van der Waals surface area contributed by atoms with Crippen molar-refractivity contribution in [3.8, 4) is 0 Å². The lowest BCUT2D eigenvalue weighted by molar-refractivity contribution is 0.580. The first-order valence-corrected chi connectivity index (χ1v) is 10.2. The molecule has 1 aromatic heterocycles. The normalized spacial score (nSPS) is 11.9. The number of hydrogen-bond acceptors (Lipinski definition) is 4. The molecule has 0 aliphatic rings. The van der Waals surface area contributed by atoms with Gasteiger partial charge in [0.1, 0.15) is 11.6 Å². The van der Waals surface area contributed by atoms with Gasteiger partial charge in [0.2, 0.25) is 0 Å². The highest BCUT2D eigenvalue weighted by Gasteiger charge is 2.20. The second-order valence-electron chi connectivity index (χ2n) is 6.20. The molecule has 132 valence electrons. The highest BCUT2D eigenvalue weighted by molar-refractivity contribution is 7.90. The summed E-state index contributed by atoms with van der Waals surface area (Å²) in [6.45, 7) is 2.93. The number of nitrogens with zero attached hydrogens (tertiary/aromatic N) is 2. The number of anilines is 1. The summed E-state index contributed by atoms with van der Waals surface area (Å²) in [5, 5.41) is 0. The quantitative estimate of drug-likeness (QED) is 0.515. The molecule has 3 rings (SSSR count). The van der Waals surface area contributed by atoms with Crippen molar-refractivity contribution in [1.82, 2.24) is 9.55 Å². The molecule has 6 heteroatoms. The fourth-order valence-electron chi connectivity index (χ4n) is 2.93. The molecule has 0 amide bonds. The van der Waals surface area contributed by atoms with Gasteiger partial charge in [-0.2, -0.15) is 0 Å². The van der Waals surface area contributed by atoms with E-state index >= 15 is 0 Å². The van der Waals surface area contributed by atoms with E-state index < -0.39 is 9.84 Å². The van der Waals surface area contributed by atoms with E-state index in [1.165, 1.54) is 0 Å². The molecule has 2 N–H and O–H groups in total. The summed E-state index contributed by atoms with van der Waals surface area (Å²) in [6.07, 6.45) is 3.23. The maximum atomic E-state index is 12.8. The van der Waals surface area contributed by atoms with Crippen molar-refractivity contribution in [1.29, 1.82) is 0 Å². The summed E-state index contributed by atoms with van der Waals surface area (Å²) in [6, 6.07) is 14.1. The van der Waals surface area contributed by atoms with Crippen molar-refractivity contribution in [3.63, 3.8) is 0 Å². The zero-order valence-electron chi connectivity index (χ0n) is 14.4. The van der Waals surface area contributed by atoms with E-state index in [9.17, 15) is 8.42 Å². The molecule has 2 aromatic carbocycles. The molecule has 0 radical (unpaired) electrons. The lowest BCUT2D eigenvalue weighted by Gasteiger charge is -2.10. The van der Waals surface area contributed by atoms with Crippen LogP contribution in [0.25, 0.3) is 11.0 Å². The molecule has 25 heavy (non-hydrogen) atoms. The van der Waals surface area contributed by atoms with Gasteiger partial charge in [0.15, 0.2) is 9.84 Å². The molecule has 0 aliphatic carbocycles. The summed E-state index contributed by atoms with van der Waals surface area (Å²) < 4.78 is 27.6. The fourth-order valence-corrected chi connectivity index (χ4v) is 4.21. The van der Waals surface area contributed by atoms with Crippen LogP contribution >= 0.6 is 0 Å². The van der Waals surface area contributed by atoms with Gasteiger partial charge in [0.05, 0.1) is 15.9 Å². The number of benzene rings is 2. The van der Waals surface area contributed by atoms with Crippen LogP contribution in [0.1, 0.15) is 32.0 Å². The standard InChI is InChI=1S/C19H23N3O2S/c1-2-3-6-13-22-18-8-5-4-7-17(18)21-19(22)14-25(23,24)16-11-9-15(20)10-12-16/h4-5,7-12H,2-3,6,13-14,20H2,1H3. The van der Waals surface area contributed by atoms with E-state index in [2.05, 4.69) is 11.9 Å². The van der Waals surface area contributed by atoms with Gasteiger partial charge >= 0.3 is 0 Å². The number of para-hydroxylation sites is 2. The fraction of sp³-hybridized carbons (Fsp3) is 0.316. The minimum atomic E-state index is -3.47. The maximum Gasteiger partial charge on any atom is 0.185 e. The van der Waals surface area contributed by atoms with Crippen molar-refractivity contribution < 1.29 is 8.42 Å². The van der Waals surface area contributed by atoms with Crippen molar-refractivity contribution in [2.75, 3.05) is 5.73 Å². The van der Waals surface area contributed by atoms with E-state index in [4.69, 9.17) is 5.73 Å². The third kappa shape index (κ3) is 3.85. The van der Waals surface area contributed by atoms with Crippen molar-refractivity contribution >= 4 is 26.6 Å². The highest BCUT2D eigenvalue weighted by Crippen LogP contribution is 2.22. The number of nitrogens with two attached hydrogens (primary N) is 1. The first-order valence-electron chi connectivity index (χ1n) is 8.53. The summed E-state index contributed by atoms with van der Waals surface area (Å²) in [5.41, 5.74) is 8.02. The Bertz CT molecular complexity index is 960. The van der Waals surface area contributed by atoms with Crippen LogP contribution in [0.3, 0.4) is 0 Å². The lowest BCUT2D eigenvalue weighted by Crippen LogP contribution is -2.11. The van der Waals surface area contributed by atoms with E-state index in [0.29, 0.717) is 11.5 Å². The molecule has 3 aromatic rings. The number of imidazole rings is 1. The summed E-state index contributed by atoms with van der Waals surface area (Å²) in [5.74, 6) is 0.478. The van der Waals surface area contributed by atoms with Crippen LogP contribution in [-0.4, -0.2) is 18.0 Å². The Labute approximate surface area is 148 Å². The minimum Gasteiger partial charge on any atom is -0.399 e. The minimum absolute atomic E-state index is 0.113. The number of sulfone groups is 1. The van der Waals surface area contributed by atoms with E-state index in [0.717, 1.165) is 36.8 Å². The molecule has 0 saturated carbocycles. The number of unbranched alkanes of at least 4 members (excludes halogenated alkanes) is 2. The van der Waals surface area contributed by atoms with Gasteiger partial charge < -0.3 is 10.3 Å². The van der Waals surface area contributed by atoms with Crippen LogP contribution in [-0.2, 0) is 22.1 Å². The van der Waals surface area contributed by atoms with E-state index in [-0.39, 0.29) is 10.6 Å². The average molecular weight is 357 g/mol. The monoisotopic (exact) mass is 357 g/mol. The maximum absolute atomic E-state index is 12.8.